The van der Waals surface area contributed by atoms with Gasteiger partial charge in [-0.3, -0.25) is 4.57 Å². The molecule has 7 aromatic heterocycles. The molecule has 0 unspecified atom stereocenters. The van der Waals surface area contributed by atoms with Crippen molar-refractivity contribution >= 4 is 44.4 Å². The van der Waals surface area contributed by atoms with E-state index in [1.165, 1.54) is 6.07 Å². The van der Waals surface area contributed by atoms with E-state index < -0.39 is 11.7 Å². The molecule has 19 heteroatoms. The van der Waals surface area contributed by atoms with Crippen LogP contribution in [0.2, 0.25) is 0 Å². The highest BCUT2D eigenvalue weighted by atomic mass is 19.4. The van der Waals surface area contributed by atoms with Crippen LogP contribution in [0.4, 0.5) is 13.2 Å². The number of aryl methyl sites for hydroxylation is 8. The molecule has 0 spiro atoms. The lowest BCUT2D eigenvalue weighted by Gasteiger charge is -2.19. The zero-order valence-corrected chi connectivity index (χ0v) is 42.4. The number of rotatable bonds is 7. The van der Waals surface area contributed by atoms with Crippen LogP contribution in [-0.4, -0.2) is 73.9 Å². The lowest BCUT2D eigenvalue weighted by molar-refractivity contribution is -0.137. The van der Waals surface area contributed by atoms with Crippen molar-refractivity contribution in [2.75, 3.05) is 0 Å². The van der Waals surface area contributed by atoms with Crippen LogP contribution < -0.4 is 0 Å². The highest BCUT2D eigenvalue weighted by Gasteiger charge is 2.33. The number of alkyl halides is 3. The second-order valence-electron chi connectivity index (χ2n) is 18.9. The van der Waals surface area contributed by atoms with Crippen LogP contribution in [0, 0.1) is 66.7 Å². The van der Waals surface area contributed by atoms with Crippen molar-refractivity contribution in [1.29, 1.82) is 5.26 Å². The lowest BCUT2D eigenvalue weighted by atomic mass is 9.94. The van der Waals surface area contributed by atoms with E-state index in [1.807, 2.05) is 127 Å². The largest absolute Gasteiger partial charge is 0.416 e. The Morgan fingerprint density at radius 2 is 0.921 bits per heavy atom. The molecule has 12 rings (SSSR count). The molecule has 11 aromatic rings. The quantitative estimate of drug-likeness (QED) is 0.146. The van der Waals surface area contributed by atoms with Gasteiger partial charge in [0.15, 0.2) is 23.3 Å². The SMILES string of the molecule is Cc1nc(C)nc(C2=Cc3c(n(-c4cc(-c5cc(C#N)cc(C(F)(F)F)c5)c(-n5c6ccc(-c7nc(C)nc(C)n7)cc6c6cc(-c7nc(C)nc(C)n7)ccc65)cn4)c4ccc(-c5nc(C)nc(C)n5)cc34)CC2)n1. The average Bonchev–Trinajstić information content (AvgIpc) is 3.88. The summed E-state index contributed by atoms with van der Waals surface area (Å²) in [6.07, 6.45) is 0.141. The molecule has 0 bridgehead atoms. The predicted molar refractivity (Wildman–Crippen MR) is 281 cm³/mol. The highest BCUT2D eigenvalue weighted by molar-refractivity contribution is 6.12. The van der Waals surface area contributed by atoms with E-state index in [0.29, 0.717) is 111 Å². The van der Waals surface area contributed by atoms with Gasteiger partial charge < -0.3 is 4.57 Å². The minimum atomic E-state index is -4.77. The van der Waals surface area contributed by atoms with E-state index in [0.717, 1.165) is 67.3 Å². The molecule has 7 heterocycles. The van der Waals surface area contributed by atoms with Crippen molar-refractivity contribution in [3.05, 3.63) is 160 Å². The summed E-state index contributed by atoms with van der Waals surface area (Å²) in [4.78, 5) is 60.3. The molecule has 372 valence electrons. The molecule has 76 heavy (non-hydrogen) atoms. The first kappa shape index (κ1) is 47.4. The van der Waals surface area contributed by atoms with E-state index in [2.05, 4.69) is 60.5 Å². The number of fused-ring (bicyclic) bond motifs is 6. The Balaban J connectivity index is 1.14. The Morgan fingerprint density at radius 1 is 0.474 bits per heavy atom. The second-order valence-corrected chi connectivity index (χ2v) is 18.9. The minimum absolute atomic E-state index is 0.155. The molecule has 4 aromatic carbocycles. The molecule has 0 saturated carbocycles. The summed E-state index contributed by atoms with van der Waals surface area (Å²) < 4.78 is 48.8. The zero-order chi connectivity index (χ0) is 52.9. The number of hydrogen-bond acceptors (Lipinski definition) is 14. The van der Waals surface area contributed by atoms with E-state index in [1.54, 1.807) is 6.20 Å². The smallest absolute Gasteiger partial charge is 0.307 e. The maximum Gasteiger partial charge on any atom is 0.416 e. The maximum absolute atomic E-state index is 14.9. The summed E-state index contributed by atoms with van der Waals surface area (Å²) in [6.45, 7) is 14.6. The Labute approximate surface area is 432 Å². The van der Waals surface area contributed by atoms with Crippen LogP contribution in [0.25, 0.3) is 101 Å². The van der Waals surface area contributed by atoms with Crippen molar-refractivity contribution in [1.82, 2.24) is 73.9 Å². The fraction of sp³-hybridized carbons (Fsp3) is 0.193. The minimum Gasteiger partial charge on any atom is -0.307 e. The van der Waals surface area contributed by atoms with E-state index >= 15 is 0 Å². The standard InChI is InChI=1S/C57H43F3N16/c1-27-63-28(2)68-53(67-27)36-9-13-47-43(20-36)44-21-37(54-69-29(3)64-30(4)70-54)10-14-48(44)75(47)51-26-62-52(24-42(51)40-17-35(25-61)18-41(19-40)57(58,59)60)76-49-15-11-38(55-71-31(5)65-32(6)72-55)22-45(49)46-23-39(12-16-50(46)76)56-73-33(7)66-34(8)74-56/h9-11,13-15,17-24,26H,12,16H2,1-8H3. The fourth-order valence-electron chi connectivity index (χ4n) is 10.4. The molecule has 1 aliphatic carbocycles. The molecule has 0 atom stereocenters. The molecule has 0 N–H and O–H groups in total. The first-order valence-corrected chi connectivity index (χ1v) is 24.3. The van der Waals surface area contributed by atoms with Crippen molar-refractivity contribution < 1.29 is 13.2 Å². The summed E-state index contributed by atoms with van der Waals surface area (Å²) in [5.74, 6) is 7.16. The highest BCUT2D eigenvalue weighted by Crippen LogP contribution is 2.44. The molecular formula is C57H43F3N16. The van der Waals surface area contributed by atoms with Gasteiger partial charge in [-0.15, -0.1) is 0 Å². The van der Waals surface area contributed by atoms with Gasteiger partial charge in [0.05, 0.1) is 45.6 Å². The van der Waals surface area contributed by atoms with Gasteiger partial charge in [-0.05, 0) is 164 Å². The van der Waals surface area contributed by atoms with Gasteiger partial charge in [-0.1, -0.05) is 0 Å². The molecule has 1 aliphatic rings. The predicted octanol–water partition coefficient (Wildman–Crippen LogP) is 11.4. The van der Waals surface area contributed by atoms with Crippen LogP contribution in [0.5, 0.6) is 0 Å². The topological polar surface area (TPSA) is 201 Å². The molecule has 0 amide bonds. The number of allylic oxidation sites excluding steroid dienone is 1. The number of pyridine rings is 1. The van der Waals surface area contributed by atoms with Crippen molar-refractivity contribution in [2.24, 2.45) is 0 Å². The maximum atomic E-state index is 14.9. The number of halogens is 3. The van der Waals surface area contributed by atoms with Gasteiger partial charge in [0.2, 0.25) is 0 Å². The first-order chi connectivity index (χ1) is 36.4. The van der Waals surface area contributed by atoms with Gasteiger partial charge in [0, 0.05) is 49.7 Å². The zero-order valence-electron chi connectivity index (χ0n) is 42.4. The van der Waals surface area contributed by atoms with Gasteiger partial charge >= 0.3 is 6.18 Å². The van der Waals surface area contributed by atoms with E-state index in [-0.39, 0.29) is 11.1 Å². The number of nitriles is 1. The molecule has 0 fully saturated rings. The van der Waals surface area contributed by atoms with E-state index in [9.17, 15) is 18.4 Å². The van der Waals surface area contributed by atoms with Crippen LogP contribution in [0.15, 0.2) is 85.1 Å². The van der Waals surface area contributed by atoms with Crippen molar-refractivity contribution in [2.45, 2.75) is 74.4 Å². The number of aromatic nitrogens is 15. The number of benzene rings is 4. The van der Waals surface area contributed by atoms with Crippen LogP contribution in [-0.2, 0) is 12.6 Å². The molecule has 0 radical (unpaired) electrons. The summed E-state index contributed by atoms with van der Waals surface area (Å²) in [6, 6.07) is 25.0. The van der Waals surface area contributed by atoms with Crippen LogP contribution in [0.1, 0.15) is 81.2 Å². The van der Waals surface area contributed by atoms with Gasteiger partial charge in [0.25, 0.3) is 0 Å². The average molecular weight is 1010 g/mol. The van der Waals surface area contributed by atoms with Gasteiger partial charge in [0.1, 0.15) is 52.4 Å². The van der Waals surface area contributed by atoms with Crippen molar-refractivity contribution in [3.63, 3.8) is 0 Å². The monoisotopic (exact) mass is 1010 g/mol. The Hall–Kier alpha value is -9.57. The summed E-state index contributed by atoms with van der Waals surface area (Å²) in [7, 11) is 0. The van der Waals surface area contributed by atoms with E-state index in [4.69, 9.17) is 15.0 Å². The number of hydrogen-bond donors (Lipinski definition) is 0. The number of nitrogens with zero attached hydrogens (tertiary/aromatic N) is 16. The van der Waals surface area contributed by atoms with Gasteiger partial charge in [-0.2, -0.15) is 18.4 Å². The Kier molecular flexibility index (Phi) is 11.1. The molecular weight excluding hydrogens is 966 g/mol. The fourth-order valence-corrected chi connectivity index (χ4v) is 10.4. The first-order valence-electron chi connectivity index (χ1n) is 24.3. The van der Waals surface area contributed by atoms with Crippen LogP contribution >= 0.6 is 0 Å². The third kappa shape index (κ3) is 8.42. The normalized spacial score (nSPS) is 12.6. The second kappa shape index (κ2) is 17.8. The summed E-state index contributed by atoms with van der Waals surface area (Å²) >= 11 is 0. The van der Waals surface area contributed by atoms with Gasteiger partial charge in [-0.25, -0.2) is 64.8 Å². The Bertz CT molecular complexity index is 4170. The summed E-state index contributed by atoms with van der Waals surface area (Å²) in [5, 5.41) is 12.7. The third-order valence-electron chi connectivity index (χ3n) is 13.4. The molecule has 16 nitrogen and oxygen atoms in total. The Morgan fingerprint density at radius 3 is 1.38 bits per heavy atom. The molecule has 0 aliphatic heterocycles. The lowest BCUT2D eigenvalue weighted by Crippen LogP contribution is -2.10. The third-order valence-corrected chi connectivity index (χ3v) is 13.4. The summed E-state index contributed by atoms with van der Waals surface area (Å²) in [5.41, 5.74) is 7.08. The molecule has 0 saturated heterocycles. The van der Waals surface area contributed by atoms with Crippen molar-refractivity contribution in [3.8, 4) is 62.9 Å². The van der Waals surface area contributed by atoms with Crippen LogP contribution in [0.3, 0.4) is 0 Å².